The predicted octanol–water partition coefficient (Wildman–Crippen LogP) is 5.62. The minimum Gasteiger partial charge on any atom is -0.490 e. The number of rotatable bonds is 6. The first-order valence-corrected chi connectivity index (χ1v) is 9.00. The van der Waals surface area contributed by atoms with E-state index in [4.69, 9.17) is 4.74 Å². The third kappa shape index (κ3) is 4.43. The minimum atomic E-state index is -4.58. The highest BCUT2D eigenvalue weighted by molar-refractivity contribution is 5.63. The highest BCUT2D eigenvalue weighted by atomic mass is 19.4. The molecule has 3 aromatic rings. The molecule has 0 saturated heterocycles. The standard InChI is InChI=1S/C20H21F4N3O/c1-12(2)8-13(3)11-28-17-5-4-14(9-15(17)21)16-6-7-25-19-10-18(20(22,23)24)26-27(16)19/h4-7,9-10,12-13H,8,11H2,1-3H3/t13-/m1/s1. The third-order valence-corrected chi connectivity index (χ3v) is 4.27. The molecule has 0 radical (unpaired) electrons. The van der Waals surface area contributed by atoms with E-state index in [-0.39, 0.29) is 17.3 Å². The van der Waals surface area contributed by atoms with Crippen molar-refractivity contribution >= 4 is 5.65 Å². The van der Waals surface area contributed by atoms with Gasteiger partial charge in [-0.15, -0.1) is 0 Å². The van der Waals surface area contributed by atoms with Gasteiger partial charge in [0.2, 0.25) is 0 Å². The highest BCUT2D eigenvalue weighted by Crippen LogP contribution is 2.31. The molecule has 0 aliphatic carbocycles. The zero-order chi connectivity index (χ0) is 20.5. The van der Waals surface area contributed by atoms with Gasteiger partial charge in [-0.2, -0.15) is 18.3 Å². The summed E-state index contributed by atoms with van der Waals surface area (Å²) in [5.41, 5.74) is -0.330. The number of hydrogen-bond acceptors (Lipinski definition) is 3. The molecule has 8 heteroatoms. The van der Waals surface area contributed by atoms with Gasteiger partial charge in [-0.1, -0.05) is 20.8 Å². The maximum atomic E-state index is 14.5. The number of ether oxygens (including phenoxy) is 1. The van der Waals surface area contributed by atoms with Gasteiger partial charge in [0.1, 0.15) is 0 Å². The SMILES string of the molecule is CC(C)C[C@@H](C)COc1ccc(-c2ccnc3cc(C(F)(F)F)nn23)cc1F. The van der Waals surface area contributed by atoms with Crippen molar-refractivity contribution in [2.24, 2.45) is 11.8 Å². The van der Waals surface area contributed by atoms with Crippen LogP contribution < -0.4 is 4.74 Å². The van der Waals surface area contributed by atoms with E-state index in [1.165, 1.54) is 24.4 Å². The first-order chi connectivity index (χ1) is 13.1. The third-order valence-electron chi connectivity index (χ3n) is 4.27. The number of benzene rings is 1. The van der Waals surface area contributed by atoms with Gasteiger partial charge in [-0.25, -0.2) is 13.9 Å². The van der Waals surface area contributed by atoms with Gasteiger partial charge in [0.25, 0.3) is 0 Å². The van der Waals surface area contributed by atoms with Crippen molar-refractivity contribution in [1.29, 1.82) is 0 Å². The highest BCUT2D eigenvalue weighted by Gasteiger charge is 2.34. The molecule has 0 N–H and O–H groups in total. The monoisotopic (exact) mass is 395 g/mol. The summed E-state index contributed by atoms with van der Waals surface area (Å²) in [5, 5.41) is 3.57. The Morgan fingerprint density at radius 3 is 2.50 bits per heavy atom. The van der Waals surface area contributed by atoms with Gasteiger partial charge in [0.15, 0.2) is 22.9 Å². The lowest BCUT2D eigenvalue weighted by molar-refractivity contribution is -0.141. The van der Waals surface area contributed by atoms with Gasteiger partial charge in [-0.3, -0.25) is 0 Å². The fraction of sp³-hybridized carbons (Fsp3) is 0.400. The molecule has 0 aliphatic heterocycles. The summed E-state index contributed by atoms with van der Waals surface area (Å²) in [6, 6.07) is 6.64. The molecule has 150 valence electrons. The van der Waals surface area contributed by atoms with Crippen LogP contribution in [0.2, 0.25) is 0 Å². The van der Waals surface area contributed by atoms with Crippen molar-refractivity contribution in [2.75, 3.05) is 6.61 Å². The van der Waals surface area contributed by atoms with Crippen LogP contribution in [0.4, 0.5) is 17.6 Å². The van der Waals surface area contributed by atoms with Crippen LogP contribution in [0.3, 0.4) is 0 Å². The molecule has 0 spiro atoms. The van der Waals surface area contributed by atoms with Crippen LogP contribution in [0.1, 0.15) is 32.9 Å². The van der Waals surface area contributed by atoms with E-state index in [9.17, 15) is 17.6 Å². The molecule has 28 heavy (non-hydrogen) atoms. The van der Waals surface area contributed by atoms with Crippen molar-refractivity contribution in [3.63, 3.8) is 0 Å². The predicted molar refractivity (Wildman–Crippen MR) is 97.5 cm³/mol. The lowest BCUT2D eigenvalue weighted by Gasteiger charge is -2.15. The Morgan fingerprint density at radius 2 is 1.86 bits per heavy atom. The second kappa shape index (κ2) is 7.77. The lowest BCUT2D eigenvalue weighted by atomic mass is 10.00. The van der Waals surface area contributed by atoms with Crippen LogP contribution in [0.15, 0.2) is 36.5 Å². The van der Waals surface area contributed by atoms with E-state index < -0.39 is 17.7 Å². The van der Waals surface area contributed by atoms with Crippen LogP contribution in [0.25, 0.3) is 16.9 Å². The zero-order valence-electron chi connectivity index (χ0n) is 15.8. The minimum absolute atomic E-state index is 0.0352. The van der Waals surface area contributed by atoms with E-state index in [2.05, 4.69) is 23.9 Å². The van der Waals surface area contributed by atoms with Crippen LogP contribution in [-0.2, 0) is 6.18 Å². The van der Waals surface area contributed by atoms with Crippen molar-refractivity contribution in [3.8, 4) is 17.0 Å². The molecule has 2 aromatic heterocycles. The van der Waals surface area contributed by atoms with E-state index in [1.54, 1.807) is 6.07 Å². The molecular weight excluding hydrogens is 374 g/mol. The normalized spacial score (nSPS) is 13.3. The molecule has 0 bridgehead atoms. The number of hydrogen-bond donors (Lipinski definition) is 0. The summed E-state index contributed by atoms with van der Waals surface area (Å²) in [4.78, 5) is 3.90. The van der Waals surface area contributed by atoms with Crippen LogP contribution in [0, 0.1) is 17.7 Å². The Hall–Kier alpha value is -2.64. The van der Waals surface area contributed by atoms with Crippen LogP contribution >= 0.6 is 0 Å². The Bertz CT molecular complexity index is 966. The summed E-state index contributed by atoms with van der Waals surface area (Å²) in [6.07, 6.45) is -2.25. The zero-order valence-corrected chi connectivity index (χ0v) is 15.8. The Labute approximate surface area is 160 Å². The van der Waals surface area contributed by atoms with Crippen molar-refractivity contribution < 1.29 is 22.3 Å². The second-order valence-corrected chi connectivity index (χ2v) is 7.32. The molecule has 0 amide bonds. The molecule has 3 rings (SSSR count). The summed E-state index contributed by atoms with van der Waals surface area (Å²) in [6.45, 7) is 6.65. The fourth-order valence-electron chi connectivity index (χ4n) is 3.13. The number of aromatic nitrogens is 3. The summed E-state index contributed by atoms with van der Waals surface area (Å²) < 4.78 is 59.9. The fourth-order valence-corrected chi connectivity index (χ4v) is 3.13. The van der Waals surface area contributed by atoms with E-state index in [1.807, 2.05) is 6.92 Å². The molecule has 4 nitrogen and oxygen atoms in total. The Kier molecular flexibility index (Phi) is 5.58. The van der Waals surface area contributed by atoms with Crippen molar-refractivity contribution in [1.82, 2.24) is 14.6 Å². The molecule has 0 aliphatic rings. The van der Waals surface area contributed by atoms with Gasteiger partial charge in [0, 0.05) is 17.8 Å². The van der Waals surface area contributed by atoms with Crippen molar-refractivity contribution in [3.05, 3.63) is 48.0 Å². The summed E-state index contributed by atoms with van der Waals surface area (Å²) in [5.74, 6) is 0.336. The number of alkyl halides is 3. The average Bonchev–Trinajstić information content (AvgIpc) is 3.04. The maximum Gasteiger partial charge on any atom is 0.435 e. The number of nitrogens with zero attached hydrogens (tertiary/aromatic N) is 3. The van der Waals surface area contributed by atoms with E-state index in [0.717, 1.165) is 17.0 Å². The molecule has 2 heterocycles. The summed E-state index contributed by atoms with van der Waals surface area (Å²) in [7, 11) is 0. The first kappa shape index (κ1) is 20.1. The molecule has 1 atom stereocenters. The summed E-state index contributed by atoms with van der Waals surface area (Å²) >= 11 is 0. The topological polar surface area (TPSA) is 39.4 Å². The van der Waals surface area contributed by atoms with E-state index >= 15 is 0 Å². The van der Waals surface area contributed by atoms with E-state index in [0.29, 0.717) is 23.8 Å². The molecule has 0 unspecified atom stereocenters. The van der Waals surface area contributed by atoms with Crippen LogP contribution in [-0.4, -0.2) is 21.2 Å². The average molecular weight is 395 g/mol. The lowest BCUT2D eigenvalue weighted by Crippen LogP contribution is -2.11. The van der Waals surface area contributed by atoms with Gasteiger partial charge in [0.05, 0.1) is 12.3 Å². The largest absolute Gasteiger partial charge is 0.490 e. The Morgan fingerprint density at radius 1 is 1.11 bits per heavy atom. The molecule has 1 aromatic carbocycles. The van der Waals surface area contributed by atoms with Gasteiger partial charge in [-0.05, 0) is 42.5 Å². The Balaban J connectivity index is 1.87. The van der Waals surface area contributed by atoms with Gasteiger partial charge < -0.3 is 4.74 Å². The first-order valence-electron chi connectivity index (χ1n) is 9.00. The molecule has 0 fully saturated rings. The number of halogens is 4. The quantitative estimate of drug-likeness (QED) is 0.509. The molecule has 0 saturated carbocycles. The van der Waals surface area contributed by atoms with Gasteiger partial charge >= 0.3 is 6.18 Å². The van der Waals surface area contributed by atoms with Crippen molar-refractivity contribution in [2.45, 2.75) is 33.4 Å². The second-order valence-electron chi connectivity index (χ2n) is 7.32. The smallest absolute Gasteiger partial charge is 0.435 e. The number of fused-ring (bicyclic) bond motifs is 1. The maximum absolute atomic E-state index is 14.5. The van der Waals surface area contributed by atoms with Crippen LogP contribution in [0.5, 0.6) is 5.75 Å². The molecular formula is C20H21F4N3O.